The van der Waals surface area contributed by atoms with Crippen molar-refractivity contribution < 1.29 is 28.8 Å². The average molecular weight is 518 g/mol. The van der Waals surface area contributed by atoms with Crippen molar-refractivity contribution in [3.63, 3.8) is 0 Å². The summed E-state index contributed by atoms with van der Waals surface area (Å²) in [7, 11) is 3.56. The van der Waals surface area contributed by atoms with E-state index in [0.29, 0.717) is 41.4 Å². The van der Waals surface area contributed by atoms with Gasteiger partial charge in [0, 0.05) is 40.9 Å². The number of aryl methyl sites for hydroxylation is 1. The number of nitriles is 1. The number of methoxy groups -OCH3 is 1. The first-order chi connectivity index (χ1) is 18.2. The summed E-state index contributed by atoms with van der Waals surface area (Å²) in [6.07, 6.45) is 3.30. The van der Waals surface area contributed by atoms with Crippen LogP contribution in [0.5, 0.6) is 28.7 Å². The average Bonchev–Trinajstić information content (AvgIpc) is 3.36. The number of hydrogen-bond donors (Lipinski definition) is 1. The number of likely N-dealkylation sites (N-methyl/N-ethyl adjacent to an activating group) is 1. The summed E-state index contributed by atoms with van der Waals surface area (Å²) in [4.78, 5) is 16.6. The Morgan fingerprint density at radius 3 is 2.63 bits per heavy atom. The van der Waals surface area contributed by atoms with E-state index in [0.717, 1.165) is 33.5 Å². The number of aromatic hydroxyl groups is 1. The first kappa shape index (κ1) is 24.4. The van der Waals surface area contributed by atoms with Crippen molar-refractivity contribution in [2.45, 2.75) is 64.7 Å². The van der Waals surface area contributed by atoms with E-state index in [4.69, 9.17) is 18.9 Å². The van der Waals surface area contributed by atoms with Crippen LogP contribution in [0.1, 0.15) is 65.7 Å². The number of esters is 1. The molecule has 1 N–H and O–H groups in total. The van der Waals surface area contributed by atoms with Crippen LogP contribution in [-0.4, -0.2) is 53.9 Å². The van der Waals surface area contributed by atoms with E-state index < -0.39 is 12.0 Å². The topological polar surface area (TPSA) is 104 Å². The molecular formula is C29H31N3O6. The Balaban J connectivity index is 1.68. The van der Waals surface area contributed by atoms with Crippen molar-refractivity contribution in [3.05, 3.63) is 45.1 Å². The van der Waals surface area contributed by atoms with Gasteiger partial charge in [-0.1, -0.05) is 13.0 Å². The van der Waals surface area contributed by atoms with Crippen molar-refractivity contribution in [1.82, 2.24) is 9.80 Å². The maximum atomic E-state index is 12.2. The monoisotopic (exact) mass is 517 g/mol. The van der Waals surface area contributed by atoms with E-state index in [2.05, 4.69) is 28.9 Å². The molecule has 6 rings (SSSR count). The van der Waals surface area contributed by atoms with E-state index in [1.54, 1.807) is 7.11 Å². The van der Waals surface area contributed by atoms with Crippen LogP contribution in [0.3, 0.4) is 0 Å². The van der Waals surface area contributed by atoms with Gasteiger partial charge in [0.25, 0.3) is 0 Å². The number of phenolic OH excluding ortho intramolecular Hbond substituents is 1. The second-order valence-corrected chi connectivity index (χ2v) is 10.4. The number of carbonyl (C=O) groups is 1. The van der Waals surface area contributed by atoms with Crippen molar-refractivity contribution in [2.24, 2.45) is 0 Å². The molecule has 1 fully saturated rings. The number of rotatable bonds is 3. The smallest absolute Gasteiger partial charge is 0.308 e. The molecule has 0 aromatic heterocycles. The number of carbonyl (C=O) groups excluding carboxylic acids is 1. The summed E-state index contributed by atoms with van der Waals surface area (Å²) >= 11 is 0. The molecule has 1 saturated heterocycles. The molecule has 0 radical (unpaired) electrons. The van der Waals surface area contributed by atoms with Crippen LogP contribution >= 0.6 is 0 Å². The maximum Gasteiger partial charge on any atom is 0.308 e. The largest absolute Gasteiger partial charge is 0.504 e. The highest BCUT2D eigenvalue weighted by Crippen LogP contribution is 2.59. The van der Waals surface area contributed by atoms with E-state index in [9.17, 15) is 15.2 Å². The fourth-order valence-electron chi connectivity index (χ4n) is 6.96. The zero-order chi connectivity index (χ0) is 27.0. The minimum absolute atomic E-state index is 0.0786. The van der Waals surface area contributed by atoms with Crippen LogP contribution in [0.2, 0.25) is 0 Å². The summed E-state index contributed by atoms with van der Waals surface area (Å²) < 4.78 is 23.2. The number of nitrogens with zero attached hydrogens (tertiary/aromatic N) is 3. The van der Waals surface area contributed by atoms with E-state index >= 15 is 0 Å². The summed E-state index contributed by atoms with van der Waals surface area (Å²) in [5.41, 5.74) is 5.80. The minimum atomic E-state index is -0.449. The molecule has 2 aromatic rings. The van der Waals surface area contributed by atoms with Crippen molar-refractivity contribution in [3.8, 4) is 34.8 Å². The molecule has 4 atom stereocenters. The van der Waals surface area contributed by atoms with Gasteiger partial charge in [-0.3, -0.25) is 9.69 Å². The lowest BCUT2D eigenvalue weighted by molar-refractivity contribution is -0.131. The molecule has 9 heteroatoms. The van der Waals surface area contributed by atoms with Crippen molar-refractivity contribution in [1.29, 1.82) is 5.26 Å². The van der Waals surface area contributed by atoms with Gasteiger partial charge in [-0.05, 0) is 50.9 Å². The summed E-state index contributed by atoms with van der Waals surface area (Å²) in [5.74, 6) is 1.78. The summed E-state index contributed by atoms with van der Waals surface area (Å²) in [6, 6.07) is 3.55. The van der Waals surface area contributed by atoms with Gasteiger partial charge in [-0.25, -0.2) is 0 Å². The van der Waals surface area contributed by atoms with Gasteiger partial charge in [-0.15, -0.1) is 0 Å². The molecule has 0 saturated carbocycles. The van der Waals surface area contributed by atoms with Gasteiger partial charge in [0.15, 0.2) is 23.0 Å². The molecule has 198 valence electrons. The predicted molar refractivity (Wildman–Crippen MR) is 138 cm³/mol. The van der Waals surface area contributed by atoms with Crippen LogP contribution in [0.4, 0.5) is 0 Å². The second kappa shape index (κ2) is 8.57. The highest BCUT2D eigenvalue weighted by atomic mass is 16.7. The molecule has 4 aliphatic rings. The fraction of sp³-hybridized carbons (Fsp3) is 0.448. The third kappa shape index (κ3) is 3.10. The normalized spacial score (nSPS) is 24.6. The Kier molecular flexibility index (Phi) is 5.51. The van der Waals surface area contributed by atoms with Crippen LogP contribution in [0.15, 0.2) is 11.8 Å². The summed E-state index contributed by atoms with van der Waals surface area (Å²) in [6.45, 7) is 7.31. The van der Waals surface area contributed by atoms with Crippen LogP contribution in [-0.2, 0) is 11.2 Å². The van der Waals surface area contributed by atoms with E-state index in [1.807, 2.05) is 27.0 Å². The Labute approximate surface area is 221 Å². The third-order valence-corrected chi connectivity index (χ3v) is 8.44. The van der Waals surface area contributed by atoms with Gasteiger partial charge in [-0.2, -0.15) is 5.26 Å². The number of ether oxygens (including phenoxy) is 4. The second-order valence-electron chi connectivity index (χ2n) is 10.4. The minimum Gasteiger partial charge on any atom is -0.504 e. The summed E-state index contributed by atoms with van der Waals surface area (Å²) in [5, 5.41) is 22.0. The Morgan fingerprint density at radius 1 is 1.24 bits per heavy atom. The Morgan fingerprint density at radius 2 is 1.97 bits per heavy atom. The standard InChI is InChI=1S/C29H31N3O6/c1-7-18-23-17(27(38-15(4)33)14(3)28-29(23)37-12-36-28)10-20-24-22-16(8-13(2)26(35-6)25(22)34)9-19(31(24)5)21(11-30)32(18)20/h8,10,18-19,21,24,34H,7,9,12H2,1-6H3/t18-,19+,21-,24-/m0/s1. The molecule has 2 bridgehead atoms. The highest BCUT2D eigenvalue weighted by molar-refractivity contribution is 5.81. The zero-order valence-corrected chi connectivity index (χ0v) is 22.4. The number of phenols is 1. The molecule has 0 amide bonds. The third-order valence-electron chi connectivity index (χ3n) is 8.44. The molecule has 0 spiro atoms. The molecule has 38 heavy (non-hydrogen) atoms. The van der Waals surface area contributed by atoms with Crippen LogP contribution in [0.25, 0.3) is 6.08 Å². The quantitative estimate of drug-likeness (QED) is 0.472. The lowest BCUT2D eigenvalue weighted by Gasteiger charge is -2.57. The molecule has 0 unspecified atom stereocenters. The molecular weight excluding hydrogens is 486 g/mol. The lowest BCUT2D eigenvalue weighted by Crippen LogP contribution is -2.61. The number of benzene rings is 2. The van der Waals surface area contributed by atoms with Crippen LogP contribution < -0.4 is 18.9 Å². The molecule has 4 aliphatic heterocycles. The molecule has 2 aromatic carbocycles. The van der Waals surface area contributed by atoms with Crippen molar-refractivity contribution >= 4 is 12.0 Å². The van der Waals surface area contributed by atoms with Gasteiger partial charge in [0.1, 0.15) is 11.8 Å². The number of hydrogen-bond acceptors (Lipinski definition) is 9. The van der Waals surface area contributed by atoms with E-state index in [-0.39, 0.29) is 30.7 Å². The van der Waals surface area contributed by atoms with Crippen molar-refractivity contribution in [2.75, 3.05) is 21.0 Å². The Hall–Kier alpha value is -3.90. The van der Waals surface area contributed by atoms with Crippen LogP contribution in [0, 0.1) is 25.2 Å². The number of piperazine rings is 1. The fourth-order valence-corrected chi connectivity index (χ4v) is 6.96. The predicted octanol–water partition coefficient (Wildman–Crippen LogP) is 4.28. The van der Waals surface area contributed by atoms with Gasteiger partial charge in [0.05, 0.1) is 25.3 Å². The van der Waals surface area contributed by atoms with E-state index in [1.165, 1.54) is 6.92 Å². The lowest BCUT2D eigenvalue weighted by atomic mass is 9.75. The maximum absolute atomic E-state index is 12.2. The SMILES string of the molecule is CC[C@H]1c2c(c(OC(C)=O)c(C)c3c2OCO3)C=C2[C@H]3c4c(cc(C)c(OC)c4O)C[C@H]([C@H](C#N)N21)N3C. The highest BCUT2D eigenvalue weighted by Gasteiger charge is 2.53. The van der Waals surface area contributed by atoms with Gasteiger partial charge < -0.3 is 29.0 Å². The first-order valence-electron chi connectivity index (χ1n) is 12.9. The first-order valence-corrected chi connectivity index (χ1v) is 12.9. The molecule has 0 aliphatic carbocycles. The molecule has 9 nitrogen and oxygen atoms in total. The number of fused-ring (bicyclic) bond motifs is 9. The zero-order valence-electron chi connectivity index (χ0n) is 22.4. The molecule has 4 heterocycles. The van der Waals surface area contributed by atoms with Gasteiger partial charge >= 0.3 is 5.97 Å². The Bertz CT molecular complexity index is 1460. The van der Waals surface area contributed by atoms with Gasteiger partial charge in [0.2, 0.25) is 6.79 Å².